The van der Waals surface area contributed by atoms with Crippen LogP contribution in [0.2, 0.25) is 0 Å². The third kappa shape index (κ3) is 4.10. The van der Waals surface area contributed by atoms with E-state index in [0.29, 0.717) is 11.0 Å². The second kappa shape index (κ2) is 6.49. The summed E-state index contributed by atoms with van der Waals surface area (Å²) in [6.45, 7) is 6.39. The molecule has 0 bridgehead atoms. The second-order valence-corrected chi connectivity index (χ2v) is 5.52. The predicted molar refractivity (Wildman–Crippen MR) is 71.6 cm³/mol. The van der Waals surface area contributed by atoms with Gasteiger partial charge in [-0.2, -0.15) is 0 Å². The molecule has 0 fully saturated rings. The van der Waals surface area contributed by atoms with E-state index in [1.807, 2.05) is 0 Å². The number of nitrogens with zero attached hydrogens (tertiary/aromatic N) is 1. The summed E-state index contributed by atoms with van der Waals surface area (Å²) in [5.41, 5.74) is -0.154. The second-order valence-electron chi connectivity index (χ2n) is 4.52. The Balaban J connectivity index is 2.65. The Morgan fingerprint density at radius 2 is 2.11 bits per heavy atom. The minimum atomic E-state index is -1.16. The van der Waals surface area contributed by atoms with Crippen molar-refractivity contribution in [2.24, 2.45) is 5.92 Å². The van der Waals surface area contributed by atoms with Gasteiger partial charge >= 0.3 is 5.97 Å². The third-order valence-electron chi connectivity index (χ3n) is 2.38. The minimum absolute atomic E-state index is 0.154. The van der Waals surface area contributed by atoms with Crippen molar-refractivity contribution in [3.8, 4) is 0 Å². The zero-order chi connectivity index (χ0) is 13.7. The van der Waals surface area contributed by atoms with E-state index in [1.165, 1.54) is 6.92 Å². The van der Waals surface area contributed by atoms with E-state index >= 15 is 0 Å². The molecule has 0 aliphatic carbocycles. The van der Waals surface area contributed by atoms with Gasteiger partial charge in [-0.25, -0.2) is 9.78 Å². The standard InChI is InChI=1S/C12H18N2O3S/c1-7(2)5-4-6-13-12-14-9(11(16)17)10(18-12)8(3)15/h7H,4-6H2,1-3H3,(H,13,14)(H,16,17). The van der Waals surface area contributed by atoms with Crippen LogP contribution in [-0.4, -0.2) is 28.4 Å². The van der Waals surface area contributed by atoms with E-state index < -0.39 is 5.97 Å². The van der Waals surface area contributed by atoms with Crippen molar-refractivity contribution < 1.29 is 14.7 Å². The highest BCUT2D eigenvalue weighted by Crippen LogP contribution is 2.23. The first-order valence-corrected chi connectivity index (χ1v) is 6.72. The highest BCUT2D eigenvalue weighted by molar-refractivity contribution is 7.17. The average molecular weight is 270 g/mol. The summed E-state index contributed by atoms with van der Waals surface area (Å²) >= 11 is 1.10. The zero-order valence-corrected chi connectivity index (χ0v) is 11.6. The third-order valence-corrected chi connectivity index (χ3v) is 3.50. The SMILES string of the molecule is CC(=O)c1sc(NCCCC(C)C)nc1C(=O)O. The Hall–Kier alpha value is -1.43. The maximum absolute atomic E-state index is 11.3. The fraction of sp³-hybridized carbons (Fsp3) is 0.583. The molecule has 0 aliphatic heterocycles. The smallest absolute Gasteiger partial charge is 0.356 e. The number of Topliss-reactive ketones (excluding diaryl/α,β-unsaturated/α-hetero) is 1. The van der Waals surface area contributed by atoms with Gasteiger partial charge in [-0.1, -0.05) is 25.2 Å². The number of carbonyl (C=O) groups excluding carboxylic acids is 1. The summed E-state index contributed by atoms with van der Waals surface area (Å²) in [6, 6.07) is 0. The minimum Gasteiger partial charge on any atom is -0.476 e. The number of anilines is 1. The molecule has 18 heavy (non-hydrogen) atoms. The van der Waals surface area contributed by atoms with E-state index in [9.17, 15) is 9.59 Å². The van der Waals surface area contributed by atoms with E-state index in [-0.39, 0.29) is 16.4 Å². The summed E-state index contributed by atoms with van der Waals surface area (Å²) in [6.07, 6.45) is 2.10. The van der Waals surface area contributed by atoms with Crippen LogP contribution in [0.5, 0.6) is 0 Å². The lowest BCUT2D eigenvalue weighted by molar-refractivity contribution is 0.0687. The quantitative estimate of drug-likeness (QED) is 0.588. The number of hydrogen-bond acceptors (Lipinski definition) is 5. The number of nitrogens with one attached hydrogen (secondary N) is 1. The van der Waals surface area contributed by atoms with Crippen LogP contribution in [0.25, 0.3) is 0 Å². The maximum atomic E-state index is 11.3. The Bertz CT molecular complexity index is 409. The summed E-state index contributed by atoms with van der Waals surface area (Å²) in [4.78, 5) is 26.3. The molecule has 1 rings (SSSR count). The Morgan fingerprint density at radius 1 is 1.44 bits per heavy atom. The van der Waals surface area contributed by atoms with Gasteiger partial charge in [-0.05, 0) is 18.8 Å². The molecular formula is C12H18N2O3S. The number of aromatic nitrogens is 1. The topological polar surface area (TPSA) is 79.3 Å². The van der Waals surface area contributed by atoms with E-state index in [1.54, 1.807) is 0 Å². The van der Waals surface area contributed by atoms with Gasteiger partial charge in [0, 0.05) is 13.5 Å². The number of hydrogen-bond donors (Lipinski definition) is 2. The highest BCUT2D eigenvalue weighted by atomic mass is 32.1. The number of rotatable bonds is 7. The first-order valence-electron chi connectivity index (χ1n) is 5.90. The lowest BCUT2D eigenvalue weighted by Gasteiger charge is -2.04. The molecule has 1 aromatic heterocycles. The molecule has 2 N–H and O–H groups in total. The fourth-order valence-electron chi connectivity index (χ4n) is 1.48. The van der Waals surface area contributed by atoms with Crippen LogP contribution in [0.15, 0.2) is 0 Å². The zero-order valence-electron chi connectivity index (χ0n) is 10.8. The lowest BCUT2D eigenvalue weighted by Crippen LogP contribution is -2.05. The van der Waals surface area contributed by atoms with E-state index in [0.717, 1.165) is 30.7 Å². The van der Waals surface area contributed by atoms with Crippen LogP contribution < -0.4 is 5.32 Å². The van der Waals surface area contributed by atoms with Gasteiger partial charge in [0.25, 0.3) is 0 Å². The normalized spacial score (nSPS) is 10.7. The monoisotopic (exact) mass is 270 g/mol. The van der Waals surface area contributed by atoms with Crippen LogP contribution in [0.4, 0.5) is 5.13 Å². The van der Waals surface area contributed by atoms with Gasteiger partial charge in [-0.15, -0.1) is 0 Å². The molecule has 1 aromatic rings. The van der Waals surface area contributed by atoms with Crippen LogP contribution in [-0.2, 0) is 0 Å². The highest BCUT2D eigenvalue weighted by Gasteiger charge is 2.20. The van der Waals surface area contributed by atoms with Crippen molar-refractivity contribution in [2.45, 2.75) is 33.6 Å². The molecule has 1 heterocycles. The summed E-state index contributed by atoms with van der Waals surface area (Å²) < 4.78 is 0. The number of ketones is 1. The van der Waals surface area contributed by atoms with Crippen LogP contribution >= 0.6 is 11.3 Å². The molecule has 0 amide bonds. The number of carboxylic acid groups (broad SMARTS) is 1. The van der Waals surface area contributed by atoms with Crippen molar-refractivity contribution in [1.82, 2.24) is 4.98 Å². The molecule has 0 aliphatic rings. The molecule has 0 radical (unpaired) electrons. The molecule has 0 atom stereocenters. The first-order chi connectivity index (χ1) is 8.41. The largest absolute Gasteiger partial charge is 0.476 e. The van der Waals surface area contributed by atoms with Crippen molar-refractivity contribution in [2.75, 3.05) is 11.9 Å². The molecule has 100 valence electrons. The Labute approximate surface area is 110 Å². The fourth-order valence-corrected chi connectivity index (χ4v) is 2.36. The number of carbonyl (C=O) groups is 2. The first kappa shape index (κ1) is 14.6. The van der Waals surface area contributed by atoms with E-state index in [4.69, 9.17) is 5.11 Å². The summed E-state index contributed by atoms with van der Waals surface area (Å²) in [7, 11) is 0. The van der Waals surface area contributed by atoms with Crippen molar-refractivity contribution in [1.29, 1.82) is 0 Å². The van der Waals surface area contributed by atoms with Crippen LogP contribution in [0, 0.1) is 5.92 Å². The van der Waals surface area contributed by atoms with Gasteiger partial charge in [0.15, 0.2) is 16.6 Å². The molecule has 0 unspecified atom stereocenters. The van der Waals surface area contributed by atoms with Gasteiger partial charge in [-0.3, -0.25) is 4.79 Å². The Kier molecular flexibility index (Phi) is 5.27. The Morgan fingerprint density at radius 3 is 2.56 bits per heavy atom. The molecule has 6 heteroatoms. The summed E-state index contributed by atoms with van der Waals surface area (Å²) in [5.74, 6) is -0.780. The van der Waals surface area contributed by atoms with Gasteiger partial charge in [0.1, 0.15) is 4.88 Å². The predicted octanol–water partition coefficient (Wildman–Crippen LogP) is 2.89. The number of aromatic carboxylic acids is 1. The molecule has 0 spiro atoms. The van der Waals surface area contributed by atoms with Crippen molar-refractivity contribution in [3.63, 3.8) is 0 Å². The van der Waals surface area contributed by atoms with Crippen LogP contribution in [0.1, 0.15) is 53.8 Å². The molecule has 0 saturated carbocycles. The summed E-state index contributed by atoms with van der Waals surface area (Å²) in [5, 5.41) is 12.5. The van der Waals surface area contributed by atoms with Gasteiger partial charge < -0.3 is 10.4 Å². The molecule has 5 nitrogen and oxygen atoms in total. The van der Waals surface area contributed by atoms with E-state index in [2.05, 4.69) is 24.1 Å². The van der Waals surface area contributed by atoms with Crippen molar-refractivity contribution in [3.05, 3.63) is 10.6 Å². The van der Waals surface area contributed by atoms with Gasteiger partial charge in [0.2, 0.25) is 0 Å². The van der Waals surface area contributed by atoms with Crippen molar-refractivity contribution >= 4 is 28.2 Å². The van der Waals surface area contributed by atoms with Gasteiger partial charge in [0.05, 0.1) is 0 Å². The maximum Gasteiger partial charge on any atom is 0.356 e. The number of thiazole rings is 1. The molecule has 0 saturated heterocycles. The lowest BCUT2D eigenvalue weighted by atomic mass is 10.1. The molecule has 0 aromatic carbocycles. The average Bonchev–Trinajstić information content (AvgIpc) is 2.68. The number of carboxylic acids is 1. The van der Waals surface area contributed by atoms with Crippen LogP contribution in [0.3, 0.4) is 0 Å². The molecular weight excluding hydrogens is 252 g/mol.